The summed E-state index contributed by atoms with van der Waals surface area (Å²) in [6, 6.07) is 4.29. The van der Waals surface area contributed by atoms with Crippen LogP contribution in [0, 0.1) is 0 Å². The number of hydrogen-bond acceptors (Lipinski definition) is 3. The van der Waals surface area contributed by atoms with Gasteiger partial charge in [-0.15, -0.1) is 0 Å². The van der Waals surface area contributed by atoms with Gasteiger partial charge in [0.2, 0.25) is 5.60 Å². The summed E-state index contributed by atoms with van der Waals surface area (Å²) >= 11 is 0. The molecule has 0 aromatic heterocycles. The summed E-state index contributed by atoms with van der Waals surface area (Å²) in [5.41, 5.74) is -1.60. The van der Waals surface area contributed by atoms with Crippen LogP contribution in [0.5, 0.6) is 0 Å². The molecule has 0 bridgehead atoms. The van der Waals surface area contributed by atoms with Crippen molar-refractivity contribution in [3.05, 3.63) is 35.4 Å². The second kappa shape index (κ2) is 3.73. The number of methoxy groups -OCH3 is 1. The third kappa shape index (κ3) is 2.00. The lowest BCUT2D eigenvalue weighted by Crippen LogP contribution is -2.23. The van der Waals surface area contributed by atoms with Crippen LogP contribution in [0.1, 0.15) is 11.1 Å². The van der Waals surface area contributed by atoms with Gasteiger partial charge in [-0.25, -0.2) is 4.79 Å². The maximum absolute atomic E-state index is 12.3. The molecule has 3 nitrogen and oxygen atoms in total. The largest absolute Gasteiger partial charge is 0.467 e. The number of epoxide rings is 1. The van der Waals surface area contributed by atoms with Gasteiger partial charge in [-0.05, 0) is 17.7 Å². The van der Waals surface area contributed by atoms with E-state index in [0.29, 0.717) is 5.56 Å². The lowest BCUT2D eigenvalue weighted by molar-refractivity contribution is -0.147. The first-order valence-corrected chi connectivity index (χ1v) is 4.80. The molecular weight excluding hydrogens is 237 g/mol. The second-order valence-electron chi connectivity index (χ2n) is 3.68. The number of halogens is 3. The Morgan fingerprint density at radius 3 is 2.24 bits per heavy atom. The quantitative estimate of drug-likeness (QED) is 0.592. The van der Waals surface area contributed by atoms with Crippen molar-refractivity contribution >= 4 is 5.97 Å². The predicted octanol–water partition coefficient (Wildman–Crippen LogP) is 2.10. The summed E-state index contributed by atoms with van der Waals surface area (Å²) in [6.45, 7) is 0.130. The molecule has 17 heavy (non-hydrogen) atoms. The first-order valence-electron chi connectivity index (χ1n) is 4.80. The predicted molar refractivity (Wildman–Crippen MR) is 51.1 cm³/mol. The zero-order valence-corrected chi connectivity index (χ0v) is 8.88. The molecule has 2 rings (SSSR count). The van der Waals surface area contributed by atoms with E-state index in [0.717, 1.165) is 12.1 Å². The van der Waals surface area contributed by atoms with E-state index in [1.165, 1.54) is 19.2 Å². The molecule has 6 heteroatoms. The molecule has 0 amide bonds. The van der Waals surface area contributed by atoms with Crippen molar-refractivity contribution < 1.29 is 27.4 Å². The molecule has 0 spiro atoms. The Kier molecular flexibility index (Phi) is 2.61. The average molecular weight is 246 g/mol. The van der Waals surface area contributed by atoms with Crippen LogP contribution in [0.4, 0.5) is 13.2 Å². The fourth-order valence-corrected chi connectivity index (χ4v) is 1.57. The zero-order chi connectivity index (χ0) is 12.7. The summed E-state index contributed by atoms with van der Waals surface area (Å²) in [5.74, 6) is -0.600. The molecule has 1 aliphatic rings. The molecule has 1 unspecified atom stereocenters. The monoisotopic (exact) mass is 246 g/mol. The van der Waals surface area contributed by atoms with Crippen molar-refractivity contribution in [3.8, 4) is 0 Å². The fourth-order valence-electron chi connectivity index (χ4n) is 1.57. The average Bonchev–Trinajstić information content (AvgIpc) is 3.08. The molecule has 0 aliphatic carbocycles. The first kappa shape index (κ1) is 11.9. The van der Waals surface area contributed by atoms with Gasteiger partial charge in [-0.3, -0.25) is 0 Å². The Labute approximate surface area is 95.1 Å². The maximum atomic E-state index is 12.3. The maximum Gasteiger partial charge on any atom is 0.416 e. The van der Waals surface area contributed by atoms with Crippen molar-refractivity contribution in [1.29, 1.82) is 0 Å². The minimum Gasteiger partial charge on any atom is -0.467 e. The summed E-state index contributed by atoms with van der Waals surface area (Å²) in [6.07, 6.45) is -4.39. The highest BCUT2D eigenvalue weighted by Crippen LogP contribution is 2.40. The molecule has 1 heterocycles. The zero-order valence-electron chi connectivity index (χ0n) is 8.88. The van der Waals surface area contributed by atoms with Crippen molar-refractivity contribution in [2.24, 2.45) is 0 Å². The molecule has 0 N–H and O–H groups in total. The third-order valence-electron chi connectivity index (χ3n) is 2.63. The van der Waals surface area contributed by atoms with E-state index < -0.39 is 23.3 Å². The molecule has 0 saturated carbocycles. The summed E-state index contributed by atoms with van der Waals surface area (Å²) in [5, 5.41) is 0. The first-order chi connectivity index (χ1) is 7.90. The van der Waals surface area contributed by atoms with Crippen LogP contribution in [0.2, 0.25) is 0 Å². The second-order valence-corrected chi connectivity index (χ2v) is 3.68. The van der Waals surface area contributed by atoms with Crippen LogP contribution in [0.3, 0.4) is 0 Å². The number of esters is 1. The van der Waals surface area contributed by atoms with E-state index in [-0.39, 0.29) is 6.61 Å². The highest BCUT2D eigenvalue weighted by Gasteiger charge is 2.55. The minimum absolute atomic E-state index is 0.130. The lowest BCUT2D eigenvalue weighted by Gasteiger charge is -2.11. The summed E-state index contributed by atoms with van der Waals surface area (Å²) in [7, 11) is 1.20. The minimum atomic E-state index is -4.39. The van der Waals surface area contributed by atoms with Gasteiger partial charge in [-0.1, -0.05) is 12.1 Å². The normalized spacial score (nSPS) is 23.3. The number of ether oxygens (including phenoxy) is 2. The van der Waals surface area contributed by atoms with Crippen molar-refractivity contribution in [2.75, 3.05) is 13.7 Å². The Balaban J connectivity index is 2.28. The number of rotatable bonds is 2. The SMILES string of the molecule is COC(=O)C1(c2ccc(C(F)(F)F)cc2)CO1. The molecule has 0 radical (unpaired) electrons. The van der Waals surface area contributed by atoms with E-state index in [2.05, 4.69) is 4.74 Å². The number of benzene rings is 1. The third-order valence-corrected chi connectivity index (χ3v) is 2.63. The van der Waals surface area contributed by atoms with E-state index >= 15 is 0 Å². The van der Waals surface area contributed by atoms with Crippen LogP contribution in [0.15, 0.2) is 24.3 Å². The van der Waals surface area contributed by atoms with Crippen molar-refractivity contribution in [2.45, 2.75) is 11.8 Å². The Bertz CT molecular complexity index is 432. The van der Waals surface area contributed by atoms with Gasteiger partial charge >= 0.3 is 12.1 Å². The smallest absolute Gasteiger partial charge is 0.416 e. The van der Waals surface area contributed by atoms with Gasteiger partial charge in [-0.2, -0.15) is 13.2 Å². The summed E-state index contributed by atoms with van der Waals surface area (Å²) < 4.78 is 46.5. The number of carbonyl (C=O) groups is 1. The molecule has 1 fully saturated rings. The van der Waals surface area contributed by atoms with Crippen molar-refractivity contribution in [3.63, 3.8) is 0 Å². The van der Waals surface area contributed by atoms with Crippen LogP contribution in [0.25, 0.3) is 0 Å². The van der Waals surface area contributed by atoms with Gasteiger partial charge < -0.3 is 9.47 Å². The molecule has 1 atom stereocenters. The van der Waals surface area contributed by atoms with E-state index in [9.17, 15) is 18.0 Å². The highest BCUT2D eigenvalue weighted by molar-refractivity contribution is 5.84. The van der Waals surface area contributed by atoms with Gasteiger partial charge in [0, 0.05) is 0 Å². The molecule has 1 saturated heterocycles. The van der Waals surface area contributed by atoms with Gasteiger partial charge in [0.1, 0.15) is 0 Å². The van der Waals surface area contributed by atoms with Crippen LogP contribution in [-0.2, 0) is 26.0 Å². The Morgan fingerprint density at radius 1 is 1.35 bits per heavy atom. The lowest BCUT2D eigenvalue weighted by atomic mass is 9.99. The highest BCUT2D eigenvalue weighted by atomic mass is 19.4. The molecular formula is C11H9F3O3. The fraction of sp³-hybridized carbons (Fsp3) is 0.364. The number of alkyl halides is 3. The Morgan fingerprint density at radius 2 is 1.88 bits per heavy atom. The molecule has 1 aromatic rings. The topological polar surface area (TPSA) is 38.8 Å². The Hall–Kier alpha value is -1.56. The van der Waals surface area contributed by atoms with Crippen LogP contribution < -0.4 is 0 Å². The van der Waals surface area contributed by atoms with E-state index in [1.54, 1.807) is 0 Å². The summed E-state index contributed by atoms with van der Waals surface area (Å²) in [4.78, 5) is 11.4. The van der Waals surface area contributed by atoms with E-state index in [4.69, 9.17) is 4.74 Å². The standard InChI is InChI=1S/C11H9F3O3/c1-16-9(15)10(6-17-10)7-2-4-8(5-3-7)11(12,13)14/h2-5H,6H2,1H3. The van der Waals surface area contributed by atoms with Crippen molar-refractivity contribution in [1.82, 2.24) is 0 Å². The van der Waals surface area contributed by atoms with Crippen LogP contribution >= 0.6 is 0 Å². The number of carbonyl (C=O) groups excluding carboxylic acids is 1. The number of hydrogen-bond donors (Lipinski definition) is 0. The molecule has 92 valence electrons. The van der Waals surface area contributed by atoms with Crippen LogP contribution in [-0.4, -0.2) is 19.7 Å². The van der Waals surface area contributed by atoms with Gasteiger partial charge in [0.15, 0.2) is 0 Å². The van der Waals surface area contributed by atoms with Gasteiger partial charge in [0.05, 0.1) is 19.3 Å². The van der Waals surface area contributed by atoms with E-state index in [1.807, 2.05) is 0 Å². The molecule has 1 aromatic carbocycles. The van der Waals surface area contributed by atoms with Gasteiger partial charge in [0.25, 0.3) is 0 Å². The molecule has 1 aliphatic heterocycles.